The van der Waals surface area contributed by atoms with Crippen LogP contribution in [-0.2, 0) is 0 Å². The Morgan fingerprint density at radius 3 is 2.68 bits per heavy atom. The number of ether oxygens (including phenoxy) is 1. The van der Waals surface area contributed by atoms with Crippen LogP contribution in [0.4, 0.5) is 5.69 Å². The number of anilines is 1. The first kappa shape index (κ1) is 13.6. The molecule has 19 heavy (non-hydrogen) atoms. The van der Waals surface area contributed by atoms with Gasteiger partial charge in [-0.1, -0.05) is 0 Å². The number of methoxy groups -OCH3 is 1. The van der Waals surface area contributed by atoms with Crippen LogP contribution >= 0.6 is 12.2 Å². The molecule has 4 N–H and O–H groups in total. The van der Waals surface area contributed by atoms with Gasteiger partial charge in [-0.25, -0.2) is 5.84 Å². The number of thiocarbonyl (C=S) groups is 1. The summed E-state index contributed by atoms with van der Waals surface area (Å²) in [7, 11) is 1.67. The van der Waals surface area contributed by atoms with E-state index in [0.717, 1.165) is 22.3 Å². The van der Waals surface area contributed by atoms with Gasteiger partial charge in [0.2, 0.25) is 0 Å². The first-order chi connectivity index (χ1) is 9.08. The first-order valence-corrected chi connectivity index (χ1v) is 6.44. The van der Waals surface area contributed by atoms with Crippen molar-refractivity contribution in [2.24, 2.45) is 5.84 Å². The molecule has 0 aliphatic rings. The molecular weight excluding hydrogens is 260 g/mol. The van der Waals surface area contributed by atoms with Gasteiger partial charge in [0.05, 0.1) is 12.6 Å². The highest BCUT2D eigenvalue weighted by molar-refractivity contribution is 7.80. The lowest BCUT2D eigenvalue weighted by molar-refractivity contribution is 0.416. The zero-order chi connectivity index (χ0) is 14.0. The third-order valence-electron chi connectivity index (χ3n) is 3.00. The fraction of sp³-hybridized carbons (Fsp3) is 0.308. The largest absolute Gasteiger partial charge is 0.495 e. The van der Waals surface area contributed by atoms with Gasteiger partial charge in [0.1, 0.15) is 5.75 Å². The van der Waals surface area contributed by atoms with Crippen LogP contribution in [0.25, 0.3) is 10.9 Å². The minimum absolute atomic E-state index is 0.348. The molecule has 0 radical (unpaired) electrons. The average molecular weight is 278 g/mol. The summed E-state index contributed by atoms with van der Waals surface area (Å²) in [5, 5.41) is 4.49. The van der Waals surface area contributed by atoms with Crippen molar-refractivity contribution in [1.82, 2.24) is 9.99 Å². The van der Waals surface area contributed by atoms with Gasteiger partial charge in [0.25, 0.3) is 0 Å². The highest BCUT2D eigenvalue weighted by Crippen LogP contribution is 2.34. The Bertz CT molecular complexity index is 606. The Morgan fingerprint density at radius 1 is 1.37 bits per heavy atom. The number of nitrogens with two attached hydrogens (primary N) is 1. The number of rotatable bonds is 3. The molecule has 0 saturated carbocycles. The monoisotopic (exact) mass is 278 g/mol. The van der Waals surface area contributed by atoms with Crippen LogP contribution < -0.4 is 21.3 Å². The van der Waals surface area contributed by atoms with E-state index < -0.39 is 0 Å². The molecule has 0 aliphatic heterocycles. The van der Waals surface area contributed by atoms with Crippen molar-refractivity contribution in [1.29, 1.82) is 0 Å². The molecule has 0 unspecified atom stereocenters. The Labute approximate surface area is 117 Å². The predicted molar refractivity (Wildman–Crippen MR) is 82.4 cm³/mol. The van der Waals surface area contributed by atoms with E-state index in [1.807, 2.05) is 24.4 Å². The lowest BCUT2D eigenvalue weighted by Crippen LogP contribution is -2.34. The lowest BCUT2D eigenvalue weighted by atomic mass is 10.2. The summed E-state index contributed by atoms with van der Waals surface area (Å²) in [5.41, 5.74) is 4.36. The molecule has 102 valence electrons. The molecular formula is C13H18N4OS. The van der Waals surface area contributed by atoms with Crippen molar-refractivity contribution < 1.29 is 4.74 Å². The molecule has 0 amide bonds. The molecule has 5 nitrogen and oxygen atoms in total. The minimum Gasteiger partial charge on any atom is -0.495 e. The molecule has 0 bridgehead atoms. The maximum Gasteiger partial charge on any atom is 0.185 e. The second kappa shape index (κ2) is 5.46. The average Bonchev–Trinajstić information content (AvgIpc) is 2.84. The van der Waals surface area contributed by atoms with Crippen LogP contribution in [0.15, 0.2) is 24.4 Å². The Hall–Kier alpha value is -1.79. The molecule has 2 rings (SSSR count). The minimum atomic E-state index is 0.348. The van der Waals surface area contributed by atoms with Crippen LogP contribution in [0.3, 0.4) is 0 Å². The maximum absolute atomic E-state index is 5.44. The summed E-state index contributed by atoms with van der Waals surface area (Å²) in [4.78, 5) is 0. The van der Waals surface area contributed by atoms with Crippen molar-refractivity contribution >= 4 is 33.9 Å². The van der Waals surface area contributed by atoms with Gasteiger partial charge in [0.15, 0.2) is 5.11 Å². The van der Waals surface area contributed by atoms with E-state index in [1.165, 1.54) is 0 Å². The van der Waals surface area contributed by atoms with Crippen molar-refractivity contribution in [2.75, 3.05) is 12.4 Å². The highest BCUT2D eigenvalue weighted by Gasteiger charge is 2.13. The fourth-order valence-electron chi connectivity index (χ4n) is 2.11. The van der Waals surface area contributed by atoms with Gasteiger partial charge < -0.3 is 20.0 Å². The third kappa shape index (κ3) is 2.50. The van der Waals surface area contributed by atoms with Crippen LogP contribution in [0.1, 0.15) is 19.9 Å². The molecule has 0 saturated heterocycles. The molecule has 0 fully saturated rings. The summed E-state index contributed by atoms with van der Waals surface area (Å²) < 4.78 is 7.61. The molecule has 1 aromatic heterocycles. The van der Waals surface area contributed by atoms with Crippen LogP contribution in [-0.4, -0.2) is 16.8 Å². The standard InChI is InChI=1S/C13H18N4OS/c1-8(2)17-7-6-9-10(15-13(19)16-14)4-5-11(18-3)12(9)17/h4-8H,14H2,1-3H3,(H2,15,16,19). The van der Waals surface area contributed by atoms with Crippen molar-refractivity contribution in [2.45, 2.75) is 19.9 Å². The predicted octanol–water partition coefficient (Wildman–Crippen LogP) is 2.39. The van der Waals surface area contributed by atoms with E-state index in [2.05, 4.69) is 29.2 Å². The molecule has 1 aromatic carbocycles. The summed E-state index contributed by atoms with van der Waals surface area (Å²) in [6.45, 7) is 4.26. The van der Waals surface area contributed by atoms with E-state index >= 15 is 0 Å². The summed E-state index contributed by atoms with van der Waals surface area (Å²) in [6, 6.07) is 6.23. The summed E-state index contributed by atoms with van der Waals surface area (Å²) in [5.74, 6) is 6.13. The smallest absolute Gasteiger partial charge is 0.185 e. The van der Waals surface area contributed by atoms with Gasteiger partial charge in [-0.2, -0.15) is 0 Å². The Morgan fingerprint density at radius 2 is 2.11 bits per heavy atom. The first-order valence-electron chi connectivity index (χ1n) is 6.03. The quantitative estimate of drug-likeness (QED) is 0.457. The normalized spacial score (nSPS) is 10.8. The fourth-order valence-corrected chi connectivity index (χ4v) is 2.22. The molecule has 1 heterocycles. The van der Waals surface area contributed by atoms with Crippen LogP contribution in [0, 0.1) is 0 Å². The number of nitrogens with one attached hydrogen (secondary N) is 2. The Balaban J connectivity index is 2.60. The Kier molecular flexibility index (Phi) is 3.92. The second-order valence-corrected chi connectivity index (χ2v) is 4.90. The lowest BCUT2D eigenvalue weighted by Gasteiger charge is -2.14. The van der Waals surface area contributed by atoms with E-state index in [0.29, 0.717) is 11.2 Å². The molecule has 0 spiro atoms. The zero-order valence-corrected chi connectivity index (χ0v) is 12.0. The van der Waals surface area contributed by atoms with Crippen LogP contribution in [0.5, 0.6) is 5.75 Å². The zero-order valence-electron chi connectivity index (χ0n) is 11.2. The second-order valence-electron chi connectivity index (χ2n) is 4.49. The van der Waals surface area contributed by atoms with Gasteiger partial charge in [-0.3, -0.25) is 0 Å². The van der Waals surface area contributed by atoms with Gasteiger partial charge in [-0.05, 0) is 44.3 Å². The van der Waals surface area contributed by atoms with Gasteiger partial charge in [-0.15, -0.1) is 0 Å². The van der Waals surface area contributed by atoms with E-state index in [4.69, 9.17) is 22.8 Å². The maximum atomic E-state index is 5.44. The topological polar surface area (TPSA) is 64.2 Å². The van der Waals surface area contributed by atoms with Crippen molar-refractivity contribution in [3.8, 4) is 5.75 Å². The van der Waals surface area contributed by atoms with Gasteiger partial charge in [0, 0.05) is 23.3 Å². The number of nitrogens with zero attached hydrogens (tertiary/aromatic N) is 1. The highest BCUT2D eigenvalue weighted by atomic mass is 32.1. The van der Waals surface area contributed by atoms with E-state index in [9.17, 15) is 0 Å². The SMILES string of the molecule is COc1ccc(NC(=S)NN)c2ccn(C(C)C)c12. The molecule has 0 atom stereocenters. The van der Waals surface area contributed by atoms with Crippen molar-refractivity contribution in [3.63, 3.8) is 0 Å². The van der Waals surface area contributed by atoms with Gasteiger partial charge >= 0.3 is 0 Å². The number of hydrazine groups is 1. The summed E-state index contributed by atoms with van der Waals surface area (Å²) >= 11 is 5.03. The number of benzene rings is 1. The van der Waals surface area contributed by atoms with E-state index in [1.54, 1.807) is 7.11 Å². The number of hydrogen-bond donors (Lipinski definition) is 3. The third-order valence-corrected chi connectivity index (χ3v) is 3.22. The number of hydrogen-bond acceptors (Lipinski definition) is 3. The molecule has 2 aromatic rings. The molecule has 6 heteroatoms. The van der Waals surface area contributed by atoms with E-state index in [-0.39, 0.29) is 0 Å². The number of aromatic nitrogens is 1. The molecule has 0 aliphatic carbocycles. The number of fused-ring (bicyclic) bond motifs is 1. The van der Waals surface area contributed by atoms with Crippen LogP contribution in [0.2, 0.25) is 0 Å². The summed E-state index contributed by atoms with van der Waals surface area (Å²) in [6.07, 6.45) is 2.04. The van der Waals surface area contributed by atoms with Crippen molar-refractivity contribution in [3.05, 3.63) is 24.4 Å².